The van der Waals surface area contributed by atoms with E-state index in [1.807, 2.05) is 19.2 Å². The Balaban J connectivity index is 1.88. The Morgan fingerprint density at radius 1 is 1.42 bits per heavy atom. The summed E-state index contributed by atoms with van der Waals surface area (Å²) >= 11 is 1.46. The molecule has 0 bridgehead atoms. The Morgan fingerprint density at radius 2 is 2.27 bits per heavy atom. The number of aromatic nitrogens is 3. The fraction of sp³-hybridized carbons (Fsp3) is 0.389. The number of nitrogens with one attached hydrogen (secondary N) is 1. The van der Waals surface area contributed by atoms with Crippen molar-refractivity contribution in [2.75, 3.05) is 18.2 Å². The molecule has 7 nitrogen and oxygen atoms in total. The number of anilines is 1. The third kappa shape index (κ3) is 2.74. The van der Waals surface area contributed by atoms with Gasteiger partial charge >= 0.3 is 0 Å². The molecule has 1 aliphatic heterocycles. The predicted molar refractivity (Wildman–Crippen MR) is 98.7 cm³/mol. The van der Waals surface area contributed by atoms with Gasteiger partial charge in [0.2, 0.25) is 11.1 Å². The van der Waals surface area contributed by atoms with Crippen molar-refractivity contribution in [2.45, 2.75) is 37.4 Å². The van der Waals surface area contributed by atoms with Crippen LogP contribution in [0.4, 0.5) is 5.95 Å². The third-order valence-electron chi connectivity index (χ3n) is 4.63. The van der Waals surface area contributed by atoms with Gasteiger partial charge in [-0.25, -0.2) is 4.68 Å². The normalized spacial score (nSPS) is 19.0. The van der Waals surface area contributed by atoms with Crippen molar-refractivity contribution in [2.24, 2.45) is 0 Å². The van der Waals surface area contributed by atoms with Crippen LogP contribution in [0.2, 0.25) is 0 Å². The number of nitrogens with zero attached hydrogens (tertiary/aromatic N) is 3. The number of fused-ring (bicyclic) bond motifs is 1. The zero-order valence-corrected chi connectivity index (χ0v) is 15.5. The highest BCUT2D eigenvalue weighted by Gasteiger charge is 2.37. The number of hydrogen-bond acceptors (Lipinski definition) is 7. The monoisotopic (exact) mass is 372 g/mol. The molecule has 1 aromatic carbocycles. The number of thioether (sulfide) groups is 1. The van der Waals surface area contributed by atoms with E-state index >= 15 is 0 Å². The predicted octanol–water partition coefficient (Wildman–Crippen LogP) is 3.13. The number of aromatic hydroxyl groups is 1. The largest absolute Gasteiger partial charge is 0.504 e. The first kappa shape index (κ1) is 17.0. The van der Waals surface area contributed by atoms with Gasteiger partial charge in [-0.05, 0) is 43.7 Å². The minimum Gasteiger partial charge on any atom is -0.504 e. The molecule has 1 atom stereocenters. The number of carbonyl (C=O) groups is 1. The molecule has 2 aliphatic rings. The summed E-state index contributed by atoms with van der Waals surface area (Å²) in [7, 11) is 0. The lowest BCUT2D eigenvalue weighted by molar-refractivity contribution is -0.116. The van der Waals surface area contributed by atoms with Crippen LogP contribution in [0.25, 0.3) is 0 Å². The maximum atomic E-state index is 12.7. The van der Waals surface area contributed by atoms with E-state index in [4.69, 9.17) is 4.74 Å². The number of hydrogen-bond donors (Lipinski definition) is 2. The van der Waals surface area contributed by atoms with Gasteiger partial charge in [0.15, 0.2) is 17.3 Å². The van der Waals surface area contributed by atoms with Crippen LogP contribution in [0.1, 0.15) is 37.8 Å². The summed E-state index contributed by atoms with van der Waals surface area (Å²) in [5, 5.41) is 18.5. The molecule has 2 heterocycles. The van der Waals surface area contributed by atoms with E-state index in [1.54, 1.807) is 16.8 Å². The highest BCUT2D eigenvalue weighted by molar-refractivity contribution is 7.98. The molecule has 136 valence electrons. The van der Waals surface area contributed by atoms with Crippen molar-refractivity contribution in [3.8, 4) is 11.5 Å². The second-order valence-electron chi connectivity index (χ2n) is 6.22. The zero-order chi connectivity index (χ0) is 18.3. The summed E-state index contributed by atoms with van der Waals surface area (Å²) in [6, 6.07) is 4.82. The Morgan fingerprint density at radius 3 is 3.04 bits per heavy atom. The Hall–Kier alpha value is -2.48. The number of ketones is 1. The number of Topliss-reactive ketones (excluding diaryl/α,β-unsaturated/α-hetero) is 1. The summed E-state index contributed by atoms with van der Waals surface area (Å²) in [5.74, 6) is 1.25. The minimum absolute atomic E-state index is 0.0809. The van der Waals surface area contributed by atoms with Gasteiger partial charge in [-0.15, -0.1) is 5.10 Å². The highest BCUT2D eigenvalue weighted by atomic mass is 32.2. The van der Waals surface area contributed by atoms with Crippen molar-refractivity contribution in [3.05, 3.63) is 35.0 Å². The number of carbonyl (C=O) groups excluding carboxylic acids is 1. The molecule has 1 aromatic heterocycles. The van der Waals surface area contributed by atoms with Gasteiger partial charge in [-0.1, -0.05) is 17.8 Å². The van der Waals surface area contributed by atoms with Crippen LogP contribution >= 0.6 is 11.8 Å². The van der Waals surface area contributed by atoms with E-state index in [0.29, 0.717) is 29.9 Å². The van der Waals surface area contributed by atoms with Gasteiger partial charge < -0.3 is 15.2 Å². The number of phenolic OH excluding ortho intramolecular Hbond substituents is 1. The molecule has 0 spiro atoms. The van der Waals surface area contributed by atoms with Crippen LogP contribution in [0, 0.1) is 0 Å². The van der Waals surface area contributed by atoms with Crippen LogP contribution in [0.5, 0.6) is 11.5 Å². The molecule has 0 saturated carbocycles. The van der Waals surface area contributed by atoms with Crippen LogP contribution in [-0.4, -0.2) is 38.5 Å². The second-order valence-corrected chi connectivity index (χ2v) is 7.00. The van der Waals surface area contributed by atoms with Gasteiger partial charge in [-0.2, -0.15) is 4.98 Å². The van der Waals surface area contributed by atoms with Crippen LogP contribution in [0.15, 0.2) is 34.6 Å². The minimum atomic E-state index is -0.373. The van der Waals surface area contributed by atoms with E-state index < -0.39 is 0 Å². The number of allylic oxidation sites excluding steroid dienone is 2. The molecule has 0 saturated heterocycles. The summed E-state index contributed by atoms with van der Waals surface area (Å²) in [6.07, 6.45) is 4.10. The van der Waals surface area contributed by atoms with Crippen molar-refractivity contribution >= 4 is 23.5 Å². The highest BCUT2D eigenvalue weighted by Crippen LogP contribution is 2.42. The third-order valence-corrected chi connectivity index (χ3v) is 5.17. The standard InChI is InChI=1S/C18H20N4O3S/c1-3-25-14-9-10(7-8-12(14)23)16-15-11(5-4-6-13(15)24)19-17-20-18(26-2)21-22(16)17/h7-9,16,23H,3-6H2,1-2H3,(H,19,20,21)/t16-/m0/s1. The average molecular weight is 372 g/mol. The smallest absolute Gasteiger partial charge is 0.227 e. The number of rotatable bonds is 4. The molecule has 1 aliphatic carbocycles. The molecular formula is C18H20N4O3S. The van der Waals surface area contributed by atoms with Crippen LogP contribution < -0.4 is 10.1 Å². The molecule has 8 heteroatoms. The Bertz CT molecular complexity index is 906. The SMILES string of the molecule is CCOc1cc([C@H]2C3=C(CCCC3=O)Nc3nc(SC)nn32)ccc1O. The maximum Gasteiger partial charge on any atom is 0.227 e. The molecule has 0 fully saturated rings. The van der Waals surface area contributed by atoms with E-state index in [2.05, 4.69) is 15.4 Å². The Kier molecular flexibility index (Phi) is 4.36. The van der Waals surface area contributed by atoms with E-state index in [-0.39, 0.29) is 17.6 Å². The van der Waals surface area contributed by atoms with Crippen LogP contribution in [-0.2, 0) is 4.79 Å². The molecule has 0 radical (unpaired) electrons. The van der Waals surface area contributed by atoms with E-state index in [0.717, 1.165) is 29.7 Å². The fourth-order valence-corrected chi connectivity index (χ4v) is 3.85. The molecule has 0 unspecified atom stereocenters. The first-order chi connectivity index (χ1) is 12.6. The molecule has 26 heavy (non-hydrogen) atoms. The van der Waals surface area contributed by atoms with Gasteiger partial charge in [0.05, 0.1) is 6.61 Å². The van der Waals surface area contributed by atoms with Gasteiger partial charge in [0.25, 0.3) is 0 Å². The molecule has 2 aromatic rings. The quantitative estimate of drug-likeness (QED) is 0.797. The lowest BCUT2D eigenvalue weighted by Crippen LogP contribution is -2.31. The van der Waals surface area contributed by atoms with Crippen molar-refractivity contribution in [3.63, 3.8) is 0 Å². The van der Waals surface area contributed by atoms with Gasteiger partial charge in [0.1, 0.15) is 6.04 Å². The number of ether oxygens (including phenoxy) is 1. The van der Waals surface area contributed by atoms with Gasteiger partial charge in [0, 0.05) is 17.7 Å². The topological polar surface area (TPSA) is 89.3 Å². The first-order valence-corrected chi connectivity index (χ1v) is 9.84. The van der Waals surface area contributed by atoms with Crippen molar-refractivity contribution < 1.29 is 14.6 Å². The Labute approximate surface area is 155 Å². The maximum absolute atomic E-state index is 12.7. The summed E-state index contributed by atoms with van der Waals surface area (Å²) in [4.78, 5) is 17.2. The van der Waals surface area contributed by atoms with E-state index in [1.165, 1.54) is 11.8 Å². The second kappa shape index (κ2) is 6.68. The zero-order valence-electron chi connectivity index (χ0n) is 14.7. The summed E-state index contributed by atoms with van der Waals surface area (Å²) in [6.45, 7) is 2.31. The molecule has 4 rings (SSSR count). The number of benzene rings is 1. The number of phenols is 1. The molecular weight excluding hydrogens is 352 g/mol. The van der Waals surface area contributed by atoms with Crippen LogP contribution in [0.3, 0.4) is 0 Å². The summed E-state index contributed by atoms with van der Waals surface area (Å²) < 4.78 is 7.29. The lowest BCUT2D eigenvalue weighted by atomic mass is 9.85. The fourth-order valence-electron chi connectivity index (χ4n) is 3.50. The summed E-state index contributed by atoms with van der Waals surface area (Å²) in [5.41, 5.74) is 2.49. The van der Waals surface area contributed by atoms with Gasteiger partial charge in [-0.3, -0.25) is 4.79 Å². The van der Waals surface area contributed by atoms with E-state index in [9.17, 15) is 9.90 Å². The molecule has 2 N–H and O–H groups in total. The average Bonchev–Trinajstić information content (AvgIpc) is 3.05. The first-order valence-electron chi connectivity index (χ1n) is 8.62. The van der Waals surface area contributed by atoms with Crippen molar-refractivity contribution in [1.82, 2.24) is 14.8 Å². The molecule has 0 amide bonds. The lowest BCUT2D eigenvalue weighted by Gasteiger charge is -2.32. The van der Waals surface area contributed by atoms with Crippen molar-refractivity contribution in [1.29, 1.82) is 0 Å².